The number of ether oxygens (including phenoxy) is 3. The van der Waals surface area contributed by atoms with Gasteiger partial charge in [0.15, 0.2) is 11.5 Å². The quantitative estimate of drug-likeness (QED) is 0.395. The number of hydrogen-bond donors (Lipinski definition) is 0. The minimum Gasteiger partial charge on any atom is -0.490 e. The third kappa shape index (κ3) is 6.99. The first-order chi connectivity index (χ1) is 10.7. The van der Waals surface area contributed by atoms with E-state index in [0.717, 1.165) is 23.5 Å². The lowest BCUT2D eigenvalue weighted by Crippen LogP contribution is -2.01. The largest absolute Gasteiger partial charge is 0.490 e. The van der Waals surface area contributed by atoms with Crippen LogP contribution < -0.4 is 9.47 Å². The van der Waals surface area contributed by atoms with Crippen LogP contribution in [0.4, 0.5) is 0 Å². The molecule has 0 aliphatic carbocycles. The van der Waals surface area contributed by atoms with E-state index in [2.05, 4.69) is 13.5 Å². The third-order valence-corrected chi connectivity index (χ3v) is 3.32. The summed E-state index contributed by atoms with van der Waals surface area (Å²) in [6, 6.07) is 5.96. The molecule has 0 aromatic heterocycles. The average Bonchev–Trinajstić information content (AvgIpc) is 2.50. The molecule has 1 aromatic carbocycles. The Balaban J connectivity index is 2.45. The molecule has 0 spiro atoms. The van der Waals surface area contributed by atoms with Crippen LogP contribution in [0.1, 0.15) is 52.0 Å². The van der Waals surface area contributed by atoms with Crippen LogP contribution in [0, 0.1) is 0 Å². The topological polar surface area (TPSA) is 27.7 Å². The first-order valence-electron chi connectivity index (χ1n) is 8.34. The van der Waals surface area contributed by atoms with Crippen molar-refractivity contribution in [2.45, 2.75) is 53.1 Å². The summed E-state index contributed by atoms with van der Waals surface area (Å²) in [7, 11) is 0. The summed E-state index contributed by atoms with van der Waals surface area (Å²) in [5, 5.41) is 0. The molecule has 0 saturated heterocycles. The lowest BCUT2D eigenvalue weighted by Gasteiger charge is -2.13. The fraction of sp³-hybridized carbons (Fsp3) is 0.579. The van der Waals surface area contributed by atoms with E-state index in [0.29, 0.717) is 26.4 Å². The summed E-state index contributed by atoms with van der Waals surface area (Å²) in [4.78, 5) is 0. The zero-order valence-corrected chi connectivity index (χ0v) is 14.3. The number of benzene rings is 1. The lowest BCUT2D eigenvalue weighted by atomic mass is 10.1. The van der Waals surface area contributed by atoms with Crippen LogP contribution in [0.2, 0.25) is 0 Å². The van der Waals surface area contributed by atoms with Crippen molar-refractivity contribution < 1.29 is 14.2 Å². The Morgan fingerprint density at radius 3 is 2.41 bits per heavy atom. The number of rotatable bonds is 12. The van der Waals surface area contributed by atoms with Crippen LogP contribution in [0.5, 0.6) is 11.5 Å². The Morgan fingerprint density at radius 1 is 1.00 bits per heavy atom. The molecule has 0 saturated carbocycles. The van der Waals surface area contributed by atoms with Gasteiger partial charge in [-0.1, -0.05) is 38.0 Å². The highest BCUT2D eigenvalue weighted by Crippen LogP contribution is 2.28. The van der Waals surface area contributed by atoms with Crippen LogP contribution >= 0.6 is 0 Å². The first-order valence-corrected chi connectivity index (χ1v) is 8.34. The molecule has 0 heterocycles. The average molecular weight is 306 g/mol. The van der Waals surface area contributed by atoms with Crippen LogP contribution in [-0.4, -0.2) is 19.8 Å². The lowest BCUT2D eigenvalue weighted by molar-refractivity contribution is 0.140. The molecule has 0 amide bonds. The Labute approximate surface area is 135 Å². The van der Waals surface area contributed by atoms with Gasteiger partial charge >= 0.3 is 0 Å². The van der Waals surface area contributed by atoms with Gasteiger partial charge in [0.05, 0.1) is 26.4 Å². The molecule has 22 heavy (non-hydrogen) atoms. The molecule has 0 radical (unpaired) electrons. The van der Waals surface area contributed by atoms with Crippen molar-refractivity contribution in [1.82, 2.24) is 0 Å². The van der Waals surface area contributed by atoms with E-state index in [1.54, 1.807) is 0 Å². The molecule has 0 bridgehead atoms. The van der Waals surface area contributed by atoms with Crippen LogP contribution in [0.25, 0.3) is 0 Å². The second-order valence-corrected chi connectivity index (χ2v) is 5.35. The van der Waals surface area contributed by atoms with Gasteiger partial charge in [-0.05, 0) is 44.4 Å². The van der Waals surface area contributed by atoms with E-state index in [-0.39, 0.29) is 0 Å². The molecular weight excluding hydrogens is 276 g/mol. The fourth-order valence-corrected chi connectivity index (χ4v) is 2.20. The molecule has 0 N–H and O–H groups in total. The third-order valence-electron chi connectivity index (χ3n) is 3.32. The summed E-state index contributed by atoms with van der Waals surface area (Å²) in [5.74, 6) is 1.57. The van der Waals surface area contributed by atoms with Crippen molar-refractivity contribution in [3.8, 4) is 11.5 Å². The molecule has 0 atom stereocenters. The predicted molar refractivity (Wildman–Crippen MR) is 91.7 cm³/mol. The Kier molecular flexibility index (Phi) is 9.40. The molecular formula is C19H30O3. The smallest absolute Gasteiger partial charge is 0.161 e. The molecule has 0 fully saturated rings. The van der Waals surface area contributed by atoms with E-state index < -0.39 is 0 Å². The number of hydrogen-bond acceptors (Lipinski definition) is 3. The van der Waals surface area contributed by atoms with Crippen molar-refractivity contribution in [1.29, 1.82) is 0 Å². The molecule has 1 aromatic rings. The van der Waals surface area contributed by atoms with Crippen LogP contribution in [0.3, 0.4) is 0 Å². The van der Waals surface area contributed by atoms with Gasteiger partial charge in [0, 0.05) is 0 Å². The molecule has 0 aliphatic heterocycles. The van der Waals surface area contributed by atoms with Gasteiger partial charge in [0.25, 0.3) is 0 Å². The monoisotopic (exact) mass is 306 g/mol. The molecule has 3 heteroatoms. The molecule has 1 rings (SSSR count). The highest BCUT2D eigenvalue weighted by Gasteiger charge is 2.06. The van der Waals surface area contributed by atoms with E-state index in [1.165, 1.54) is 24.8 Å². The van der Waals surface area contributed by atoms with Crippen molar-refractivity contribution in [3.63, 3.8) is 0 Å². The minimum absolute atomic E-state index is 0.569. The maximum atomic E-state index is 5.75. The van der Waals surface area contributed by atoms with Crippen molar-refractivity contribution >= 4 is 0 Å². The van der Waals surface area contributed by atoms with Gasteiger partial charge < -0.3 is 14.2 Å². The summed E-state index contributed by atoms with van der Waals surface area (Å²) in [6.07, 6.45) is 4.76. The number of unbranched alkanes of at least 4 members (excludes halogenated alkanes) is 2. The molecule has 0 unspecified atom stereocenters. The molecule has 0 aliphatic rings. The van der Waals surface area contributed by atoms with Crippen molar-refractivity contribution in [3.05, 3.63) is 35.9 Å². The highest BCUT2D eigenvalue weighted by molar-refractivity contribution is 5.42. The van der Waals surface area contributed by atoms with E-state index in [9.17, 15) is 0 Å². The molecule has 124 valence electrons. The van der Waals surface area contributed by atoms with Crippen molar-refractivity contribution in [2.24, 2.45) is 0 Å². The zero-order valence-electron chi connectivity index (χ0n) is 14.3. The summed E-state index contributed by atoms with van der Waals surface area (Å²) < 4.78 is 16.9. The Bertz CT molecular complexity index is 440. The van der Waals surface area contributed by atoms with Crippen molar-refractivity contribution in [2.75, 3.05) is 19.8 Å². The Hall–Kier alpha value is -1.48. The highest BCUT2D eigenvalue weighted by atomic mass is 16.5. The van der Waals surface area contributed by atoms with E-state index in [1.807, 2.05) is 32.0 Å². The normalized spacial score (nSPS) is 10.5. The second-order valence-electron chi connectivity index (χ2n) is 5.35. The SMILES string of the molecule is C=C(CCCCC)COCc1ccc(OCC)c(OCC)c1. The fourth-order valence-electron chi connectivity index (χ4n) is 2.20. The first kappa shape index (κ1) is 18.6. The molecule has 3 nitrogen and oxygen atoms in total. The van der Waals surface area contributed by atoms with E-state index >= 15 is 0 Å². The van der Waals surface area contributed by atoms with Gasteiger partial charge in [-0.2, -0.15) is 0 Å². The zero-order chi connectivity index (χ0) is 16.2. The maximum absolute atomic E-state index is 5.75. The van der Waals surface area contributed by atoms with Gasteiger partial charge in [0.2, 0.25) is 0 Å². The van der Waals surface area contributed by atoms with Gasteiger partial charge in [-0.25, -0.2) is 0 Å². The predicted octanol–water partition coefficient (Wildman–Crippen LogP) is 5.14. The Morgan fingerprint density at radius 2 is 1.73 bits per heavy atom. The van der Waals surface area contributed by atoms with Gasteiger partial charge in [0.1, 0.15) is 0 Å². The minimum atomic E-state index is 0.569. The summed E-state index contributed by atoms with van der Waals surface area (Å²) >= 11 is 0. The summed E-state index contributed by atoms with van der Waals surface area (Å²) in [6.45, 7) is 12.7. The van der Waals surface area contributed by atoms with Gasteiger partial charge in [-0.3, -0.25) is 0 Å². The van der Waals surface area contributed by atoms with Crippen LogP contribution in [0.15, 0.2) is 30.4 Å². The maximum Gasteiger partial charge on any atom is 0.161 e. The second kappa shape index (κ2) is 11.1. The standard InChI is InChI=1S/C19H30O3/c1-5-8-9-10-16(4)14-20-15-17-11-12-18(21-6-2)19(13-17)22-7-3/h11-13H,4-10,14-15H2,1-3H3. The van der Waals surface area contributed by atoms with Gasteiger partial charge in [-0.15, -0.1) is 0 Å². The van der Waals surface area contributed by atoms with E-state index in [4.69, 9.17) is 14.2 Å². The van der Waals surface area contributed by atoms with Crippen LogP contribution in [-0.2, 0) is 11.3 Å². The summed E-state index contributed by atoms with van der Waals surface area (Å²) in [5.41, 5.74) is 2.26.